The van der Waals surface area contributed by atoms with E-state index < -0.39 is 5.97 Å². The van der Waals surface area contributed by atoms with Crippen molar-refractivity contribution in [1.29, 1.82) is 0 Å². The van der Waals surface area contributed by atoms with E-state index in [-0.39, 0.29) is 11.7 Å². The van der Waals surface area contributed by atoms with Gasteiger partial charge in [0, 0.05) is 17.3 Å². The number of carbonyl (C=O) groups is 2. The largest absolute Gasteiger partial charge is 0.496 e. The van der Waals surface area contributed by atoms with E-state index in [0.717, 1.165) is 0 Å². The molecule has 0 fully saturated rings. The van der Waals surface area contributed by atoms with E-state index in [9.17, 15) is 9.59 Å². The van der Waals surface area contributed by atoms with Crippen molar-refractivity contribution >= 4 is 40.9 Å². The number of aromatic nitrogens is 3. The minimum absolute atomic E-state index is 0.113. The van der Waals surface area contributed by atoms with Crippen molar-refractivity contribution in [3.05, 3.63) is 65.7 Å². The maximum Gasteiger partial charge on any atom is 0.338 e. The molecule has 0 spiro atoms. The number of amides is 1. The van der Waals surface area contributed by atoms with E-state index in [2.05, 4.69) is 22.1 Å². The molecule has 3 rings (SSSR count). The second-order valence-electron chi connectivity index (χ2n) is 6.68. The molecular formula is C23H23ClN4O4S. The number of allylic oxidation sites excluding steroid dienone is 1. The van der Waals surface area contributed by atoms with Gasteiger partial charge in [-0.05, 0) is 49.4 Å². The number of nitrogens with one attached hydrogen (secondary N) is 1. The molecule has 10 heteroatoms. The predicted molar refractivity (Wildman–Crippen MR) is 129 cm³/mol. The molecule has 33 heavy (non-hydrogen) atoms. The molecule has 1 N–H and O–H groups in total. The monoisotopic (exact) mass is 486 g/mol. The molecule has 172 valence electrons. The lowest BCUT2D eigenvalue weighted by atomic mass is 10.2. The summed E-state index contributed by atoms with van der Waals surface area (Å²) >= 11 is 7.41. The van der Waals surface area contributed by atoms with E-state index in [1.165, 1.54) is 11.8 Å². The van der Waals surface area contributed by atoms with Crippen molar-refractivity contribution in [3.8, 4) is 17.1 Å². The molecule has 3 aromatic rings. The molecule has 1 aromatic heterocycles. The number of ether oxygens (including phenoxy) is 2. The summed E-state index contributed by atoms with van der Waals surface area (Å²) in [6.45, 7) is 6.29. The van der Waals surface area contributed by atoms with Crippen LogP contribution in [0.2, 0.25) is 5.02 Å². The highest BCUT2D eigenvalue weighted by atomic mass is 35.5. The van der Waals surface area contributed by atoms with E-state index in [1.54, 1.807) is 62.6 Å². The van der Waals surface area contributed by atoms with Crippen molar-refractivity contribution in [1.82, 2.24) is 14.8 Å². The third-order valence-corrected chi connectivity index (χ3v) is 5.64. The van der Waals surface area contributed by atoms with Gasteiger partial charge in [-0.3, -0.25) is 9.36 Å². The Morgan fingerprint density at radius 3 is 2.64 bits per heavy atom. The Bertz CT molecular complexity index is 1150. The highest BCUT2D eigenvalue weighted by Crippen LogP contribution is 2.33. The molecule has 2 aromatic carbocycles. The van der Waals surface area contributed by atoms with E-state index >= 15 is 0 Å². The topological polar surface area (TPSA) is 95.3 Å². The minimum Gasteiger partial charge on any atom is -0.496 e. The van der Waals surface area contributed by atoms with E-state index in [0.29, 0.717) is 51.7 Å². The number of halogens is 1. The van der Waals surface area contributed by atoms with Gasteiger partial charge in [0.05, 0.1) is 30.6 Å². The summed E-state index contributed by atoms with van der Waals surface area (Å²) in [5.74, 6) is 0.657. The lowest BCUT2D eigenvalue weighted by Gasteiger charge is -2.11. The molecule has 1 amide bonds. The van der Waals surface area contributed by atoms with Crippen LogP contribution in [-0.4, -0.2) is 46.1 Å². The van der Waals surface area contributed by atoms with Crippen LogP contribution in [0.3, 0.4) is 0 Å². The summed E-state index contributed by atoms with van der Waals surface area (Å²) in [6.07, 6.45) is 1.72. The third kappa shape index (κ3) is 6.15. The highest BCUT2D eigenvalue weighted by molar-refractivity contribution is 7.99. The van der Waals surface area contributed by atoms with Gasteiger partial charge in [0.25, 0.3) is 0 Å². The van der Waals surface area contributed by atoms with Gasteiger partial charge in [0.1, 0.15) is 5.75 Å². The molecule has 0 unspecified atom stereocenters. The van der Waals surface area contributed by atoms with Gasteiger partial charge in [-0.1, -0.05) is 29.4 Å². The minimum atomic E-state index is -0.403. The zero-order valence-corrected chi connectivity index (χ0v) is 19.8. The first-order valence-corrected chi connectivity index (χ1v) is 11.4. The molecule has 0 radical (unpaired) electrons. The number of methoxy groups -OCH3 is 1. The van der Waals surface area contributed by atoms with Crippen LogP contribution in [0, 0.1) is 0 Å². The summed E-state index contributed by atoms with van der Waals surface area (Å²) < 4.78 is 12.2. The van der Waals surface area contributed by atoms with Crippen LogP contribution in [0.25, 0.3) is 11.4 Å². The van der Waals surface area contributed by atoms with Gasteiger partial charge in [0.15, 0.2) is 11.0 Å². The quantitative estimate of drug-likeness (QED) is 0.252. The molecule has 1 heterocycles. The average Bonchev–Trinajstić information content (AvgIpc) is 3.21. The number of nitrogens with zero attached hydrogens (tertiary/aromatic N) is 3. The van der Waals surface area contributed by atoms with Crippen molar-refractivity contribution in [2.75, 3.05) is 24.8 Å². The van der Waals surface area contributed by atoms with Crippen molar-refractivity contribution in [2.24, 2.45) is 0 Å². The van der Waals surface area contributed by atoms with Gasteiger partial charge >= 0.3 is 5.97 Å². The fraction of sp³-hybridized carbons (Fsp3) is 0.217. The Morgan fingerprint density at radius 2 is 1.97 bits per heavy atom. The molecule has 8 nitrogen and oxygen atoms in total. The van der Waals surface area contributed by atoms with E-state index in [4.69, 9.17) is 21.1 Å². The number of benzene rings is 2. The molecule has 0 saturated heterocycles. The molecule has 0 aliphatic carbocycles. The third-order valence-electron chi connectivity index (χ3n) is 4.44. The zero-order chi connectivity index (χ0) is 23.8. The summed E-state index contributed by atoms with van der Waals surface area (Å²) in [5, 5.41) is 12.4. The number of esters is 1. The number of hydrogen-bond acceptors (Lipinski definition) is 7. The lowest BCUT2D eigenvalue weighted by molar-refractivity contribution is -0.113. The molecule has 0 bridgehead atoms. The second kappa shape index (κ2) is 11.5. The maximum absolute atomic E-state index is 12.5. The lowest BCUT2D eigenvalue weighted by Crippen LogP contribution is -2.15. The zero-order valence-electron chi connectivity index (χ0n) is 18.2. The molecule has 0 aliphatic rings. The molecule has 0 saturated carbocycles. The van der Waals surface area contributed by atoms with Crippen LogP contribution in [0.5, 0.6) is 5.75 Å². The number of thioether (sulfide) groups is 1. The Morgan fingerprint density at radius 1 is 1.21 bits per heavy atom. The molecular weight excluding hydrogens is 464 g/mol. The predicted octanol–water partition coefficient (Wildman–Crippen LogP) is 4.70. The Kier molecular flexibility index (Phi) is 8.51. The summed E-state index contributed by atoms with van der Waals surface area (Å²) in [5.41, 5.74) is 1.69. The number of hydrogen-bond donors (Lipinski definition) is 1. The summed E-state index contributed by atoms with van der Waals surface area (Å²) in [7, 11) is 1.57. The number of anilines is 1. The van der Waals surface area contributed by atoms with Crippen LogP contribution in [0.4, 0.5) is 5.69 Å². The highest BCUT2D eigenvalue weighted by Gasteiger charge is 2.18. The van der Waals surface area contributed by atoms with Crippen molar-refractivity contribution in [2.45, 2.75) is 18.6 Å². The van der Waals surface area contributed by atoms with Gasteiger partial charge in [-0.2, -0.15) is 0 Å². The number of carbonyl (C=O) groups excluding carboxylic acids is 2. The van der Waals surface area contributed by atoms with Crippen LogP contribution < -0.4 is 10.1 Å². The normalized spacial score (nSPS) is 10.5. The average molecular weight is 487 g/mol. The Hall–Kier alpha value is -3.30. The SMILES string of the molecule is C=CCn1c(SCC(=O)Nc2ccc(C(=O)OCC)cc2)nnc1-c1cc(Cl)ccc1OC. The Labute approximate surface area is 200 Å². The maximum atomic E-state index is 12.5. The molecule has 0 aliphatic heterocycles. The first-order valence-electron chi connectivity index (χ1n) is 10.0. The number of rotatable bonds is 10. The van der Waals surface area contributed by atoms with Gasteiger partial charge < -0.3 is 14.8 Å². The second-order valence-corrected chi connectivity index (χ2v) is 8.06. The van der Waals surface area contributed by atoms with Crippen molar-refractivity contribution in [3.63, 3.8) is 0 Å². The fourth-order valence-electron chi connectivity index (χ4n) is 2.97. The standard InChI is InChI=1S/C23H23ClN4O4S/c1-4-12-28-21(18-13-16(24)8-11-19(18)31-3)26-27-23(28)33-14-20(29)25-17-9-6-15(7-10-17)22(30)32-5-2/h4,6-11,13H,1,5,12,14H2,2-3H3,(H,25,29). The Balaban J connectivity index is 1.70. The first kappa shape index (κ1) is 24.3. The van der Waals surface area contributed by atoms with Gasteiger partial charge in [-0.25, -0.2) is 4.79 Å². The summed E-state index contributed by atoms with van der Waals surface area (Å²) in [4.78, 5) is 24.2. The van der Waals surface area contributed by atoms with Crippen LogP contribution >= 0.6 is 23.4 Å². The molecule has 0 atom stereocenters. The van der Waals surface area contributed by atoms with Crippen LogP contribution in [-0.2, 0) is 16.1 Å². The van der Waals surface area contributed by atoms with Crippen molar-refractivity contribution < 1.29 is 19.1 Å². The van der Waals surface area contributed by atoms with Crippen LogP contribution in [0.1, 0.15) is 17.3 Å². The van der Waals surface area contributed by atoms with Gasteiger partial charge in [-0.15, -0.1) is 16.8 Å². The summed E-state index contributed by atoms with van der Waals surface area (Å²) in [6, 6.07) is 11.8. The first-order chi connectivity index (χ1) is 16.0. The van der Waals surface area contributed by atoms with Crippen LogP contribution in [0.15, 0.2) is 60.3 Å². The smallest absolute Gasteiger partial charge is 0.338 e. The van der Waals surface area contributed by atoms with E-state index in [1.807, 2.05) is 4.57 Å². The fourth-order valence-corrected chi connectivity index (χ4v) is 3.89. The van der Waals surface area contributed by atoms with Gasteiger partial charge in [0.2, 0.25) is 5.91 Å².